The summed E-state index contributed by atoms with van der Waals surface area (Å²) in [5, 5.41) is 8.62. The molecule has 0 saturated heterocycles. The summed E-state index contributed by atoms with van der Waals surface area (Å²) in [7, 11) is 4.21. The fourth-order valence-corrected chi connectivity index (χ4v) is 9.07. The minimum Gasteiger partial charge on any atom is -0.496 e. The average molecular weight is 1090 g/mol. The first-order valence-corrected chi connectivity index (χ1v) is 27.0. The Bertz CT molecular complexity index is 2720. The summed E-state index contributed by atoms with van der Waals surface area (Å²) in [6.07, 6.45) is 5.77. The zero-order chi connectivity index (χ0) is 57.9. The SMILES string of the molecule is COc1ccc(CC(=O)[C@H](CCCCN)NC(=O)c2cc(CC(=O)[C@H](CCCCN)NC(=O)c3cccc(CC(=O)[C@H](CCCCN)NC(=O)c4cc(CC(=O)[C@@H](N)CCCCN)ccc4OC)c3)ccc2OC)cc1C(N)=O. The van der Waals surface area contributed by atoms with Crippen LogP contribution in [0.2, 0.25) is 0 Å². The number of ether oxygens (including phenoxy) is 3. The van der Waals surface area contributed by atoms with Gasteiger partial charge < -0.3 is 64.6 Å². The van der Waals surface area contributed by atoms with Gasteiger partial charge in [0.25, 0.3) is 23.6 Å². The number of hydrogen-bond acceptors (Lipinski definition) is 16. The van der Waals surface area contributed by atoms with E-state index in [2.05, 4.69) is 16.0 Å². The molecule has 20 heteroatoms. The van der Waals surface area contributed by atoms with E-state index in [-0.39, 0.29) is 108 Å². The average Bonchev–Trinajstić information content (AvgIpc) is 3.46. The van der Waals surface area contributed by atoms with Gasteiger partial charge in [-0.1, -0.05) is 36.8 Å². The lowest BCUT2D eigenvalue weighted by Gasteiger charge is -2.20. The standard InChI is InChI=1S/C59H81N9O11/c1-77-53-22-19-38(30-42(53)56(65)73)35-52(72)48(18-7-11-28-63)68-59(76)44-32-40(21-24-55(44)79-3)36-51(71)46(16-5-9-26-61)66-57(74)41-14-12-13-37(29-41)34-50(70)47(17-6-10-27-62)67-58(75)43-31-39(20-23-54(43)78-2)33-49(69)45(64)15-4-8-25-60/h12-14,19-24,29-32,45-48H,4-11,15-18,25-28,33-36,60-64H2,1-3H3,(H2,65,73)(H,66,74)(H,67,75)(H,68,76)/t45-,46-,47-,48-/m0/s1. The van der Waals surface area contributed by atoms with Gasteiger partial charge in [-0.2, -0.15) is 0 Å². The lowest BCUT2D eigenvalue weighted by Crippen LogP contribution is -2.42. The highest BCUT2D eigenvalue weighted by molar-refractivity contribution is 6.03. The number of methoxy groups -OCH3 is 3. The number of amides is 4. The summed E-state index contributed by atoms with van der Waals surface area (Å²) in [5.41, 5.74) is 37.2. The van der Waals surface area contributed by atoms with Crippen molar-refractivity contribution in [2.45, 2.75) is 127 Å². The molecule has 0 heterocycles. The van der Waals surface area contributed by atoms with Gasteiger partial charge in [-0.05, 0) is 168 Å². The number of rotatable bonds is 38. The van der Waals surface area contributed by atoms with E-state index in [4.69, 9.17) is 48.6 Å². The highest BCUT2D eigenvalue weighted by Gasteiger charge is 2.28. The Labute approximate surface area is 463 Å². The summed E-state index contributed by atoms with van der Waals surface area (Å²) in [5.74, 6) is -2.92. The number of Topliss-reactive ketones (excluding diaryl/α,β-unsaturated/α-hetero) is 4. The van der Waals surface area contributed by atoms with E-state index in [1.54, 1.807) is 66.7 Å². The van der Waals surface area contributed by atoms with E-state index in [0.717, 1.165) is 12.8 Å². The molecule has 0 bridgehead atoms. The Balaban J connectivity index is 1.50. The predicted molar refractivity (Wildman–Crippen MR) is 302 cm³/mol. The highest BCUT2D eigenvalue weighted by Crippen LogP contribution is 2.25. The Morgan fingerprint density at radius 2 is 0.759 bits per heavy atom. The highest BCUT2D eigenvalue weighted by atomic mass is 16.5. The normalized spacial score (nSPS) is 12.6. The zero-order valence-corrected chi connectivity index (χ0v) is 45.9. The maximum atomic E-state index is 14.2. The van der Waals surface area contributed by atoms with Crippen molar-refractivity contribution in [2.24, 2.45) is 34.4 Å². The van der Waals surface area contributed by atoms with Crippen LogP contribution >= 0.6 is 0 Å². The summed E-state index contributed by atoms with van der Waals surface area (Å²) >= 11 is 0. The minimum atomic E-state index is -0.963. The van der Waals surface area contributed by atoms with Gasteiger partial charge in [-0.3, -0.25) is 38.4 Å². The number of hydrogen-bond donors (Lipinski definition) is 9. The van der Waals surface area contributed by atoms with E-state index < -0.39 is 47.8 Å². The monoisotopic (exact) mass is 1090 g/mol. The number of benzene rings is 4. The lowest BCUT2D eigenvalue weighted by molar-refractivity contribution is -0.121. The van der Waals surface area contributed by atoms with Gasteiger partial charge in [0.15, 0.2) is 23.1 Å². The maximum absolute atomic E-state index is 14.2. The van der Waals surface area contributed by atoms with Crippen LogP contribution in [0, 0.1) is 0 Å². The van der Waals surface area contributed by atoms with Crippen LogP contribution < -0.4 is 64.6 Å². The molecule has 0 unspecified atom stereocenters. The molecule has 15 N–H and O–H groups in total. The molecule has 4 aromatic rings. The molecule has 0 aliphatic heterocycles. The van der Waals surface area contributed by atoms with Crippen molar-refractivity contribution in [1.29, 1.82) is 0 Å². The Morgan fingerprint density at radius 1 is 0.418 bits per heavy atom. The summed E-state index contributed by atoms with van der Waals surface area (Å²) < 4.78 is 16.3. The maximum Gasteiger partial charge on any atom is 0.255 e. The van der Waals surface area contributed by atoms with Crippen molar-refractivity contribution in [3.63, 3.8) is 0 Å². The van der Waals surface area contributed by atoms with E-state index in [9.17, 15) is 38.4 Å². The van der Waals surface area contributed by atoms with Crippen LogP contribution in [0.3, 0.4) is 0 Å². The van der Waals surface area contributed by atoms with Crippen LogP contribution in [0.4, 0.5) is 0 Å². The molecule has 4 rings (SSSR count). The summed E-state index contributed by atoms with van der Waals surface area (Å²) in [6.45, 7) is 1.64. The number of unbranched alkanes of at least 4 members (excludes halogenated alkanes) is 4. The number of nitrogens with two attached hydrogens (primary N) is 6. The van der Waals surface area contributed by atoms with E-state index in [1.807, 2.05) is 0 Å². The summed E-state index contributed by atoms with van der Waals surface area (Å²) in [6, 6.07) is 17.2. The third kappa shape index (κ3) is 20.4. The predicted octanol–water partition coefficient (Wildman–Crippen LogP) is 3.50. The fraction of sp³-hybridized carbons (Fsp3) is 0.458. The fourth-order valence-electron chi connectivity index (χ4n) is 9.07. The van der Waals surface area contributed by atoms with Crippen molar-refractivity contribution in [3.8, 4) is 17.2 Å². The molecule has 0 spiro atoms. The molecule has 0 aliphatic carbocycles. The van der Waals surface area contributed by atoms with Crippen LogP contribution in [-0.2, 0) is 44.9 Å². The second kappa shape index (κ2) is 33.8. The smallest absolute Gasteiger partial charge is 0.255 e. The van der Waals surface area contributed by atoms with Crippen molar-refractivity contribution in [2.75, 3.05) is 47.5 Å². The molecule has 4 amide bonds. The Morgan fingerprint density at radius 3 is 1.14 bits per heavy atom. The van der Waals surface area contributed by atoms with Gasteiger partial charge in [-0.15, -0.1) is 0 Å². The minimum absolute atomic E-state index is 0.00434. The largest absolute Gasteiger partial charge is 0.496 e. The molecule has 0 aliphatic rings. The molecular formula is C59H81N9O11. The Kier molecular flexibility index (Phi) is 27.5. The van der Waals surface area contributed by atoms with Crippen LogP contribution in [0.5, 0.6) is 17.2 Å². The van der Waals surface area contributed by atoms with Crippen molar-refractivity contribution >= 4 is 46.8 Å². The first-order valence-electron chi connectivity index (χ1n) is 27.0. The molecule has 0 aromatic heterocycles. The third-order valence-electron chi connectivity index (χ3n) is 13.6. The van der Waals surface area contributed by atoms with Gasteiger partial charge in [0, 0.05) is 31.2 Å². The van der Waals surface area contributed by atoms with Crippen LogP contribution in [0.15, 0.2) is 78.9 Å². The first kappa shape index (κ1) is 64.2. The second-order valence-corrected chi connectivity index (χ2v) is 19.6. The van der Waals surface area contributed by atoms with Gasteiger partial charge in [0.1, 0.15) is 17.2 Å². The topological polar surface area (TPSA) is 356 Å². The van der Waals surface area contributed by atoms with Crippen molar-refractivity contribution in [1.82, 2.24) is 16.0 Å². The molecule has 4 atom stereocenters. The third-order valence-corrected chi connectivity index (χ3v) is 13.6. The molecule has 0 fully saturated rings. The number of ketones is 4. The molecule has 0 saturated carbocycles. The van der Waals surface area contributed by atoms with E-state index in [1.165, 1.54) is 33.5 Å². The van der Waals surface area contributed by atoms with Gasteiger partial charge in [-0.25, -0.2) is 0 Å². The lowest BCUT2D eigenvalue weighted by atomic mass is 9.95. The molecule has 79 heavy (non-hydrogen) atoms. The van der Waals surface area contributed by atoms with Gasteiger partial charge in [0.05, 0.1) is 62.2 Å². The molecule has 20 nitrogen and oxygen atoms in total. The Hall–Kier alpha value is -7.36. The molecule has 428 valence electrons. The summed E-state index contributed by atoms with van der Waals surface area (Å²) in [4.78, 5) is 109. The molecule has 4 aromatic carbocycles. The number of carbonyl (C=O) groups excluding carboxylic acids is 8. The van der Waals surface area contributed by atoms with E-state index >= 15 is 0 Å². The number of nitrogens with one attached hydrogen (secondary N) is 3. The number of primary amides is 1. The first-order chi connectivity index (χ1) is 38.0. The second-order valence-electron chi connectivity index (χ2n) is 19.6. The zero-order valence-electron chi connectivity index (χ0n) is 45.9. The van der Waals surface area contributed by atoms with E-state index in [0.29, 0.717) is 93.4 Å². The van der Waals surface area contributed by atoms with Crippen LogP contribution in [0.25, 0.3) is 0 Å². The van der Waals surface area contributed by atoms with Crippen LogP contribution in [-0.4, -0.2) is 118 Å². The van der Waals surface area contributed by atoms with Gasteiger partial charge >= 0.3 is 0 Å². The van der Waals surface area contributed by atoms with Crippen LogP contribution in [0.1, 0.15) is 141 Å². The van der Waals surface area contributed by atoms with Crippen molar-refractivity contribution < 1.29 is 52.6 Å². The van der Waals surface area contributed by atoms with Gasteiger partial charge in [0.2, 0.25) is 0 Å². The molecular weight excluding hydrogens is 1010 g/mol. The van der Waals surface area contributed by atoms with Crippen molar-refractivity contribution in [3.05, 3.63) is 123 Å². The number of carbonyl (C=O) groups is 8. The molecule has 0 radical (unpaired) electrons. The quantitative estimate of drug-likeness (QED) is 0.0290.